The number of rotatable bonds is 9. The van der Waals surface area contributed by atoms with Crippen molar-refractivity contribution >= 4 is 12.3 Å². The molecular formula is C10H18F3N3O3. The normalized spacial score (nSPS) is 12.9. The molecule has 0 aromatic carbocycles. The van der Waals surface area contributed by atoms with Crippen LogP contribution in [0, 0.1) is 5.92 Å². The lowest BCUT2D eigenvalue weighted by atomic mass is 10.00. The maximum absolute atomic E-state index is 11.9. The maximum Gasteiger partial charge on any atom is 0.389 e. The quantitative estimate of drug-likeness (QED) is 0.190. The topological polar surface area (TPSA) is 95.7 Å². The van der Waals surface area contributed by atoms with Gasteiger partial charge in [0.05, 0.1) is 19.1 Å². The second-order valence-electron chi connectivity index (χ2n) is 4.03. The molecule has 0 fully saturated rings. The van der Waals surface area contributed by atoms with Crippen molar-refractivity contribution < 1.29 is 28.0 Å². The van der Waals surface area contributed by atoms with Gasteiger partial charge in [0, 0.05) is 6.42 Å². The molecule has 0 aromatic heterocycles. The van der Waals surface area contributed by atoms with Crippen LogP contribution in [0.4, 0.5) is 13.2 Å². The van der Waals surface area contributed by atoms with Gasteiger partial charge in [-0.05, 0) is 12.8 Å². The highest BCUT2D eigenvalue weighted by Crippen LogP contribution is 2.23. The molecule has 0 saturated heterocycles. The summed E-state index contributed by atoms with van der Waals surface area (Å²) in [5.41, 5.74) is 5.12. The molecule has 0 saturated carbocycles. The Labute approximate surface area is 108 Å². The number of halogens is 3. The van der Waals surface area contributed by atoms with Crippen molar-refractivity contribution in [3.8, 4) is 0 Å². The Morgan fingerprint density at radius 1 is 1.42 bits per heavy atom. The maximum atomic E-state index is 11.9. The molecule has 1 atom stereocenters. The number of carbonyl (C=O) groups is 2. The number of nitrogens with zero attached hydrogens (tertiary/aromatic N) is 1. The van der Waals surface area contributed by atoms with Gasteiger partial charge in [-0.1, -0.05) is 6.42 Å². The van der Waals surface area contributed by atoms with Crippen LogP contribution in [0.2, 0.25) is 0 Å². The first kappa shape index (κ1) is 17.6. The summed E-state index contributed by atoms with van der Waals surface area (Å²) in [7, 11) is 0. The van der Waals surface area contributed by atoms with E-state index in [4.69, 9.17) is 10.9 Å². The van der Waals surface area contributed by atoms with Gasteiger partial charge >= 0.3 is 6.18 Å². The molecule has 4 N–H and O–H groups in total. The number of hydrogen-bond acceptors (Lipinski definition) is 4. The summed E-state index contributed by atoms with van der Waals surface area (Å²) in [4.78, 5) is 21.8. The van der Waals surface area contributed by atoms with Crippen LogP contribution >= 0.6 is 0 Å². The molecule has 19 heavy (non-hydrogen) atoms. The Hall–Kier alpha value is -1.35. The highest BCUT2D eigenvalue weighted by atomic mass is 19.4. The van der Waals surface area contributed by atoms with Gasteiger partial charge in [-0.3, -0.25) is 14.8 Å². The lowest BCUT2D eigenvalue weighted by molar-refractivity contribution is -0.154. The van der Waals surface area contributed by atoms with Crippen molar-refractivity contribution in [3.63, 3.8) is 0 Å². The lowest BCUT2D eigenvalue weighted by Gasteiger charge is -2.19. The van der Waals surface area contributed by atoms with Crippen LogP contribution in [-0.4, -0.2) is 42.0 Å². The summed E-state index contributed by atoms with van der Waals surface area (Å²) in [6.45, 7) is -0.397. The van der Waals surface area contributed by atoms with Crippen molar-refractivity contribution in [2.24, 2.45) is 11.7 Å². The molecule has 0 aliphatic heterocycles. The first-order valence-electron chi connectivity index (χ1n) is 5.75. The molecule has 0 aromatic rings. The first-order valence-corrected chi connectivity index (χ1v) is 5.75. The van der Waals surface area contributed by atoms with E-state index in [0.717, 1.165) is 0 Å². The summed E-state index contributed by atoms with van der Waals surface area (Å²) in [5, 5.41) is 11.6. The molecule has 0 rings (SSSR count). The van der Waals surface area contributed by atoms with E-state index in [-0.39, 0.29) is 43.9 Å². The Morgan fingerprint density at radius 2 is 2.05 bits per heavy atom. The van der Waals surface area contributed by atoms with Crippen molar-refractivity contribution in [2.45, 2.75) is 31.9 Å². The summed E-state index contributed by atoms with van der Waals surface area (Å²) in [6.07, 6.45) is -4.84. The number of alkyl halides is 3. The fraction of sp³-hybridized carbons (Fsp3) is 0.800. The zero-order valence-corrected chi connectivity index (χ0v) is 10.3. The molecule has 0 heterocycles. The minimum atomic E-state index is -4.22. The zero-order chi connectivity index (χ0) is 14.9. The van der Waals surface area contributed by atoms with Crippen LogP contribution in [0.15, 0.2) is 0 Å². The van der Waals surface area contributed by atoms with Gasteiger partial charge in [0.15, 0.2) is 0 Å². The molecular weight excluding hydrogens is 267 g/mol. The minimum absolute atomic E-state index is 0.109. The molecule has 9 heteroatoms. The second kappa shape index (κ2) is 8.70. The van der Waals surface area contributed by atoms with Gasteiger partial charge < -0.3 is 11.1 Å². The van der Waals surface area contributed by atoms with Crippen LogP contribution in [-0.2, 0) is 9.59 Å². The zero-order valence-electron chi connectivity index (χ0n) is 10.3. The average molecular weight is 285 g/mol. The van der Waals surface area contributed by atoms with Crippen LogP contribution in [0.5, 0.6) is 0 Å². The van der Waals surface area contributed by atoms with Crippen LogP contribution in [0.1, 0.15) is 25.7 Å². The largest absolute Gasteiger partial charge is 0.389 e. The summed E-state index contributed by atoms with van der Waals surface area (Å²) in [5.74, 6) is -1.29. The third-order valence-electron chi connectivity index (χ3n) is 2.44. The van der Waals surface area contributed by atoms with Crippen LogP contribution in [0.3, 0.4) is 0 Å². The van der Waals surface area contributed by atoms with Gasteiger partial charge in [-0.25, -0.2) is 5.06 Å². The van der Waals surface area contributed by atoms with E-state index in [0.29, 0.717) is 0 Å². The highest BCUT2D eigenvalue weighted by Gasteiger charge is 2.27. The van der Waals surface area contributed by atoms with E-state index in [1.165, 1.54) is 0 Å². The number of unbranched alkanes of at least 4 members (excludes halogenated alkanes) is 1. The number of hydrogen-bond donors (Lipinski definition) is 3. The van der Waals surface area contributed by atoms with E-state index >= 15 is 0 Å². The minimum Gasteiger partial charge on any atom is -0.343 e. The molecule has 0 bridgehead atoms. The first-order chi connectivity index (χ1) is 8.80. The Bertz CT molecular complexity index is 287. The molecule has 112 valence electrons. The lowest BCUT2D eigenvalue weighted by Crippen LogP contribution is -2.39. The predicted octanol–water partition coefficient (Wildman–Crippen LogP) is 0.605. The standard InChI is InChI=1S/C10H18F3N3O3/c11-10(12,13)4-2-1-3-8(5-16(19)7-17)9(18)15-6-14/h7-8,19H,1-6,14H2,(H,15,18)/t8-/m1/s1. The van der Waals surface area contributed by atoms with Crippen LogP contribution < -0.4 is 11.1 Å². The summed E-state index contributed by atoms with van der Waals surface area (Å²) in [6, 6.07) is 0. The predicted molar refractivity (Wildman–Crippen MR) is 59.8 cm³/mol. The monoisotopic (exact) mass is 285 g/mol. The number of amides is 2. The van der Waals surface area contributed by atoms with Gasteiger partial charge in [0.2, 0.25) is 12.3 Å². The Morgan fingerprint density at radius 3 is 2.53 bits per heavy atom. The number of hydroxylamine groups is 2. The molecule has 0 radical (unpaired) electrons. The van der Waals surface area contributed by atoms with E-state index in [1.807, 2.05) is 0 Å². The van der Waals surface area contributed by atoms with Crippen molar-refractivity contribution in [3.05, 3.63) is 0 Å². The Kier molecular flexibility index (Phi) is 8.08. The van der Waals surface area contributed by atoms with E-state index in [9.17, 15) is 22.8 Å². The molecule has 2 amide bonds. The molecule has 0 unspecified atom stereocenters. The third-order valence-corrected chi connectivity index (χ3v) is 2.44. The fourth-order valence-corrected chi connectivity index (χ4v) is 1.54. The van der Waals surface area contributed by atoms with Gasteiger partial charge in [0.1, 0.15) is 0 Å². The average Bonchev–Trinajstić information content (AvgIpc) is 2.31. The smallest absolute Gasteiger partial charge is 0.343 e. The van der Waals surface area contributed by atoms with Crippen molar-refractivity contribution in [1.29, 1.82) is 0 Å². The van der Waals surface area contributed by atoms with Gasteiger partial charge in [0.25, 0.3) is 0 Å². The number of carbonyl (C=O) groups excluding carboxylic acids is 2. The summed E-state index contributed by atoms with van der Waals surface area (Å²) < 4.78 is 35.8. The number of nitrogens with one attached hydrogen (secondary N) is 1. The molecule has 0 spiro atoms. The molecule has 0 aliphatic carbocycles. The van der Waals surface area contributed by atoms with Gasteiger partial charge in [-0.15, -0.1) is 0 Å². The van der Waals surface area contributed by atoms with Crippen molar-refractivity contribution in [2.75, 3.05) is 13.2 Å². The number of nitrogens with two attached hydrogens (primary N) is 1. The highest BCUT2D eigenvalue weighted by molar-refractivity contribution is 5.78. The fourth-order valence-electron chi connectivity index (χ4n) is 1.54. The van der Waals surface area contributed by atoms with E-state index in [2.05, 4.69) is 5.32 Å². The van der Waals surface area contributed by atoms with E-state index in [1.54, 1.807) is 0 Å². The third kappa shape index (κ3) is 9.25. The molecule has 0 aliphatic rings. The van der Waals surface area contributed by atoms with Crippen molar-refractivity contribution in [1.82, 2.24) is 10.4 Å². The van der Waals surface area contributed by atoms with Gasteiger partial charge in [-0.2, -0.15) is 13.2 Å². The van der Waals surface area contributed by atoms with Crippen LogP contribution in [0.25, 0.3) is 0 Å². The Balaban J connectivity index is 4.19. The second-order valence-corrected chi connectivity index (χ2v) is 4.03. The van der Waals surface area contributed by atoms with E-state index < -0.39 is 24.4 Å². The SMILES string of the molecule is NCNC(=O)[C@H](CCCCC(F)(F)F)CN(O)C=O. The molecule has 6 nitrogen and oxygen atoms in total. The summed E-state index contributed by atoms with van der Waals surface area (Å²) >= 11 is 0.